The number of rotatable bonds is 3. The van der Waals surface area contributed by atoms with Gasteiger partial charge in [0, 0.05) is 12.5 Å². The van der Waals surface area contributed by atoms with Crippen LogP contribution < -0.4 is 5.73 Å². The molecule has 21 heavy (non-hydrogen) atoms. The first-order valence-corrected chi connectivity index (χ1v) is 7.53. The Morgan fingerprint density at radius 2 is 2.05 bits per heavy atom. The minimum atomic E-state index is -0.722. The summed E-state index contributed by atoms with van der Waals surface area (Å²) in [5, 5.41) is 9.79. The zero-order valence-corrected chi connectivity index (χ0v) is 13.1. The number of carboxylic acid groups (broad SMARTS) is 1. The number of carbonyl (C=O) groups is 1. The van der Waals surface area contributed by atoms with Crippen LogP contribution in [-0.4, -0.2) is 17.6 Å². The van der Waals surface area contributed by atoms with Crippen LogP contribution in [0.2, 0.25) is 0 Å². The van der Waals surface area contributed by atoms with Crippen LogP contribution in [0.4, 0.5) is 0 Å². The average molecular weight is 287 g/mol. The molecule has 0 heterocycles. The lowest BCUT2D eigenvalue weighted by Crippen LogP contribution is -2.34. The van der Waals surface area contributed by atoms with Crippen molar-refractivity contribution < 1.29 is 9.90 Å². The lowest BCUT2D eigenvalue weighted by molar-refractivity contribution is -0.146. The molecule has 1 aromatic rings. The molecule has 0 radical (unpaired) electrons. The van der Waals surface area contributed by atoms with Gasteiger partial charge in [0.15, 0.2) is 0 Å². The number of aliphatic carboxylic acids is 1. The van der Waals surface area contributed by atoms with Crippen molar-refractivity contribution in [3.8, 4) is 0 Å². The first-order chi connectivity index (χ1) is 9.84. The Hall–Kier alpha value is -1.61. The van der Waals surface area contributed by atoms with Gasteiger partial charge in [0.05, 0.1) is 5.92 Å². The molecule has 3 nitrogen and oxygen atoms in total. The van der Waals surface area contributed by atoms with Gasteiger partial charge in [0.1, 0.15) is 0 Å². The molecule has 0 spiro atoms. The lowest BCUT2D eigenvalue weighted by atomic mass is 9.68. The fourth-order valence-corrected chi connectivity index (χ4v) is 3.42. The Kier molecular flexibility index (Phi) is 4.52. The van der Waals surface area contributed by atoms with E-state index in [-0.39, 0.29) is 11.3 Å². The Morgan fingerprint density at radius 1 is 1.38 bits per heavy atom. The third kappa shape index (κ3) is 3.35. The van der Waals surface area contributed by atoms with Crippen LogP contribution in [-0.2, 0) is 11.2 Å². The van der Waals surface area contributed by atoms with E-state index in [0.717, 1.165) is 18.4 Å². The van der Waals surface area contributed by atoms with Gasteiger partial charge in [-0.05, 0) is 29.4 Å². The van der Waals surface area contributed by atoms with Gasteiger partial charge in [0.2, 0.25) is 0 Å². The molecular weight excluding hydrogens is 262 g/mol. The van der Waals surface area contributed by atoms with Crippen LogP contribution in [0.25, 0.3) is 0 Å². The smallest absolute Gasteiger partial charge is 0.307 e. The molecule has 1 aliphatic rings. The highest BCUT2D eigenvalue weighted by molar-refractivity contribution is 5.72. The maximum absolute atomic E-state index is 11.9. The molecule has 0 aliphatic heterocycles. The van der Waals surface area contributed by atoms with Crippen molar-refractivity contribution >= 4 is 5.97 Å². The van der Waals surface area contributed by atoms with E-state index >= 15 is 0 Å². The molecule has 3 heteroatoms. The summed E-state index contributed by atoms with van der Waals surface area (Å²) in [6, 6.07) is 8.19. The van der Waals surface area contributed by atoms with Gasteiger partial charge < -0.3 is 10.8 Å². The minimum absolute atomic E-state index is 0.0176. The number of benzene rings is 1. The lowest BCUT2D eigenvalue weighted by Gasteiger charge is -2.35. The fourth-order valence-electron chi connectivity index (χ4n) is 3.42. The molecule has 114 valence electrons. The predicted molar refractivity (Wildman–Crippen MR) is 85.2 cm³/mol. The van der Waals surface area contributed by atoms with Crippen molar-refractivity contribution in [1.82, 2.24) is 0 Å². The third-order valence-electron chi connectivity index (χ3n) is 4.41. The number of allylic oxidation sites excluding steroid dienone is 1. The minimum Gasteiger partial charge on any atom is -0.481 e. The number of carboxylic acids is 1. The molecule has 0 fully saturated rings. The maximum Gasteiger partial charge on any atom is 0.307 e. The Morgan fingerprint density at radius 3 is 2.62 bits per heavy atom. The van der Waals surface area contributed by atoms with Crippen LogP contribution >= 0.6 is 0 Å². The second-order valence-electron chi connectivity index (χ2n) is 6.96. The van der Waals surface area contributed by atoms with Gasteiger partial charge in [-0.25, -0.2) is 0 Å². The summed E-state index contributed by atoms with van der Waals surface area (Å²) in [6.45, 7) is 6.52. The summed E-state index contributed by atoms with van der Waals surface area (Å²) in [6.07, 6.45) is 3.75. The summed E-state index contributed by atoms with van der Waals surface area (Å²) in [4.78, 5) is 11.9. The topological polar surface area (TPSA) is 63.3 Å². The van der Waals surface area contributed by atoms with E-state index in [9.17, 15) is 9.90 Å². The van der Waals surface area contributed by atoms with Gasteiger partial charge in [-0.1, -0.05) is 56.7 Å². The van der Waals surface area contributed by atoms with E-state index in [1.165, 1.54) is 11.1 Å². The van der Waals surface area contributed by atoms with Crippen LogP contribution in [0.5, 0.6) is 0 Å². The number of hydrogen-bond donors (Lipinski definition) is 2. The van der Waals surface area contributed by atoms with E-state index < -0.39 is 11.9 Å². The Labute approximate surface area is 126 Å². The molecule has 0 aromatic heterocycles. The third-order valence-corrected chi connectivity index (χ3v) is 4.41. The zero-order valence-electron chi connectivity index (χ0n) is 13.1. The van der Waals surface area contributed by atoms with Gasteiger partial charge in [-0.3, -0.25) is 4.79 Å². The van der Waals surface area contributed by atoms with E-state index in [1.54, 1.807) is 0 Å². The van der Waals surface area contributed by atoms with Crippen molar-refractivity contribution in [1.29, 1.82) is 0 Å². The van der Waals surface area contributed by atoms with Crippen molar-refractivity contribution in [2.75, 3.05) is 6.54 Å². The molecule has 2 rings (SSSR count). The summed E-state index contributed by atoms with van der Waals surface area (Å²) in [5.74, 6) is -1.16. The quantitative estimate of drug-likeness (QED) is 0.838. The van der Waals surface area contributed by atoms with Crippen molar-refractivity contribution in [2.24, 2.45) is 17.1 Å². The van der Waals surface area contributed by atoms with E-state index in [2.05, 4.69) is 18.2 Å². The number of nitrogens with two attached hydrogens (primary N) is 1. The first kappa shape index (κ1) is 15.8. The highest BCUT2D eigenvalue weighted by Gasteiger charge is 2.40. The zero-order chi connectivity index (χ0) is 15.6. The second-order valence-corrected chi connectivity index (χ2v) is 6.96. The molecule has 2 atom stereocenters. The molecule has 1 aromatic carbocycles. The summed E-state index contributed by atoms with van der Waals surface area (Å²) >= 11 is 0. The largest absolute Gasteiger partial charge is 0.481 e. The fraction of sp³-hybridized carbons (Fsp3) is 0.500. The van der Waals surface area contributed by atoms with Crippen molar-refractivity contribution in [2.45, 2.75) is 39.5 Å². The van der Waals surface area contributed by atoms with Crippen molar-refractivity contribution in [3.05, 3.63) is 47.0 Å². The molecule has 1 aliphatic carbocycles. The molecule has 0 saturated heterocycles. The monoisotopic (exact) mass is 287 g/mol. The van der Waals surface area contributed by atoms with Gasteiger partial charge in [-0.2, -0.15) is 0 Å². The highest BCUT2D eigenvalue weighted by atomic mass is 16.4. The molecule has 0 saturated carbocycles. The molecule has 3 N–H and O–H groups in total. The Balaban J connectivity index is 2.53. The summed E-state index contributed by atoms with van der Waals surface area (Å²) in [5.41, 5.74) is 9.09. The van der Waals surface area contributed by atoms with Crippen LogP contribution in [0, 0.1) is 11.3 Å². The number of hydrogen-bond acceptors (Lipinski definition) is 2. The highest BCUT2D eigenvalue weighted by Crippen LogP contribution is 2.43. The van der Waals surface area contributed by atoms with E-state index in [1.807, 2.05) is 32.9 Å². The SMILES string of the molecule is CC(C)(C)C(C(=O)O)C1CC(CN)=CCc2ccccc21. The van der Waals surface area contributed by atoms with E-state index in [0.29, 0.717) is 6.54 Å². The average Bonchev–Trinajstić information content (AvgIpc) is 2.57. The summed E-state index contributed by atoms with van der Waals surface area (Å²) in [7, 11) is 0. The second kappa shape index (κ2) is 6.02. The van der Waals surface area contributed by atoms with Gasteiger partial charge in [-0.15, -0.1) is 0 Å². The molecule has 0 amide bonds. The molecule has 2 unspecified atom stereocenters. The van der Waals surface area contributed by atoms with Crippen LogP contribution in [0.3, 0.4) is 0 Å². The van der Waals surface area contributed by atoms with Crippen LogP contribution in [0.15, 0.2) is 35.9 Å². The van der Waals surface area contributed by atoms with Crippen LogP contribution in [0.1, 0.15) is 44.2 Å². The molecule has 0 bridgehead atoms. The predicted octanol–water partition coefficient (Wildman–Crippen LogP) is 3.35. The van der Waals surface area contributed by atoms with Gasteiger partial charge in [0.25, 0.3) is 0 Å². The molecular formula is C18H25NO2. The maximum atomic E-state index is 11.9. The van der Waals surface area contributed by atoms with Crippen molar-refractivity contribution in [3.63, 3.8) is 0 Å². The van der Waals surface area contributed by atoms with Gasteiger partial charge >= 0.3 is 5.97 Å². The normalized spacial score (nSPS) is 20.2. The standard InChI is InChI=1S/C18H25NO2/c1-18(2,3)16(17(20)21)15-10-12(11-19)8-9-13-6-4-5-7-14(13)15/h4-8,15-16H,9-11,19H2,1-3H3,(H,20,21). The Bertz CT molecular complexity index is 555. The number of fused-ring (bicyclic) bond motifs is 1. The van der Waals surface area contributed by atoms with E-state index in [4.69, 9.17) is 5.73 Å². The first-order valence-electron chi connectivity index (χ1n) is 7.53. The summed E-state index contributed by atoms with van der Waals surface area (Å²) < 4.78 is 0.